The second kappa shape index (κ2) is 9.61. The van der Waals surface area contributed by atoms with Crippen LogP contribution in [-0.2, 0) is 24.3 Å². The Morgan fingerprint density at radius 2 is 1.82 bits per heavy atom. The Balaban J connectivity index is 1.58. The Morgan fingerprint density at radius 1 is 1.09 bits per heavy atom. The molecule has 1 fully saturated rings. The fraction of sp³-hybridized carbons (Fsp3) is 0.348. The second-order valence-electron chi connectivity index (χ2n) is 8.16. The van der Waals surface area contributed by atoms with E-state index < -0.39 is 26.6 Å². The molecule has 0 atom stereocenters. The van der Waals surface area contributed by atoms with Crippen LogP contribution in [-0.4, -0.2) is 56.6 Å². The zero-order chi connectivity index (χ0) is 24.5. The van der Waals surface area contributed by atoms with Gasteiger partial charge in [0.25, 0.3) is 5.91 Å². The lowest BCUT2D eigenvalue weighted by atomic mass is 10.1. The van der Waals surface area contributed by atoms with Crippen molar-refractivity contribution in [3.8, 4) is 0 Å². The van der Waals surface area contributed by atoms with Crippen molar-refractivity contribution in [3.63, 3.8) is 0 Å². The van der Waals surface area contributed by atoms with E-state index in [-0.39, 0.29) is 56.5 Å². The number of sulfonamides is 1. The van der Waals surface area contributed by atoms with Crippen molar-refractivity contribution in [2.24, 2.45) is 5.10 Å². The highest BCUT2D eigenvalue weighted by molar-refractivity contribution is 7.89. The summed E-state index contributed by atoms with van der Waals surface area (Å²) in [6.45, 7) is 4.45. The van der Waals surface area contributed by atoms with Crippen molar-refractivity contribution in [1.82, 2.24) is 4.31 Å². The lowest BCUT2D eigenvalue weighted by Crippen LogP contribution is -2.41. The van der Waals surface area contributed by atoms with E-state index in [0.717, 1.165) is 27.6 Å². The number of hydrogen-bond donors (Lipinski definition) is 1. The number of benzene rings is 2. The number of ether oxygens (including phenoxy) is 1. The maximum Gasteiger partial charge on any atom is 0.271 e. The molecule has 2 aliphatic heterocycles. The first-order valence-electron chi connectivity index (χ1n) is 10.8. The van der Waals surface area contributed by atoms with Gasteiger partial charge in [0.2, 0.25) is 15.9 Å². The number of hydrogen-bond acceptors (Lipinski definition) is 6. The van der Waals surface area contributed by atoms with Gasteiger partial charge < -0.3 is 10.1 Å². The predicted molar refractivity (Wildman–Crippen MR) is 125 cm³/mol. The molecule has 180 valence electrons. The quantitative estimate of drug-likeness (QED) is 0.696. The molecule has 9 nitrogen and oxygen atoms in total. The number of carbonyl (C=O) groups excluding carboxylic acids is 2. The van der Waals surface area contributed by atoms with Crippen molar-refractivity contribution in [2.45, 2.75) is 31.6 Å². The number of halogens is 1. The van der Waals surface area contributed by atoms with Crippen LogP contribution < -0.4 is 10.3 Å². The van der Waals surface area contributed by atoms with Crippen LogP contribution in [0.5, 0.6) is 0 Å². The first-order valence-corrected chi connectivity index (χ1v) is 12.3. The summed E-state index contributed by atoms with van der Waals surface area (Å²) in [4.78, 5) is 24.9. The summed E-state index contributed by atoms with van der Waals surface area (Å²) in [5.41, 5.74) is 2.59. The molecule has 1 N–H and O–H groups in total. The fourth-order valence-corrected chi connectivity index (χ4v) is 5.26. The van der Waals surface area contributed by atoms with Gasteiger partial charge in [-0.05, 0) is 49.2 Å². The van der Waals surface area contributed by atoms with Gasteiger partial charge in [-0.1, -0.05) is 12.1 Å². The first-order chi connectivity index (χ1) is 16.2. The molecule has 0 aromatic heterocycles. The summed E-state index contributed by atoms with van der Waals surface area (Å²) in [5, 5.41) is 8.07. The van der Waals surface area contributed by atoms with Crippen LogP contribution in [0.25, 0.3) is 0 Å². The summed E-state index contributed by atoms with van der Waals surface area (Å²) >= 11 is 0. The minimum Gasteiger partial charge on any atom is -0.379 e. The van der Waals surface area contributed by atoms with E-state index in [4.69, 9.17) is 4.74 Å². The Labute approximate surface area is 197 Å². The highest BCUT2D eigenvalue weighted by Crippen LogP contribution is 2.27. The second-order valence-corrected chi connectivity index (χ2v) is 10.1. The molecule has 34 heavy (non-hydrogen) atoms. The van der Waals surface area contributed by atoms with E-state index in [9.17, 15) is 22.4 Å². The number of carbonyl (C=O) groups is 2. The lowest BCUT2D eigenvalue weighted by Gasteiger charge is -2.26. The van der Waals surface area contributed by atoms with Gasteiger partial charge >= 0.3 is 0 Å². The van der Waals surface area contributed by atoms with Gasteiger partial charge in [0.1, 0.15) is 16.4 Å². The molecule has 0 unspecified atom stereocenters. The van der Waals surface area contributed by atoms with Gasteiger partial charge in [-0.3, -0.25) is 9.59 Å². The van der Waals surface area contributed by atoms with Crippen LogP contribution in [0.4, 0.5) is 15.8 Å². The first kappa shape index (κ1) is 24.0. The van der Waals surface area contributed by atoms with Crippen LogP contribution in [0.15, 0.2) is 46.4 Å². The van der Waals surface area contributed by atoms with Crippen molar-refractivity contribution in [2.75, 3.05) is 36.6 Å². The smallest absolute Gasteiger partial charge is 0.271 e. The van der Waals surface area contributed by atoms with Crippen LogP contribution in [0.3, 0.4) is 0 Å². The summed E-state index contributed by atoms with van der Waals surface area (Å²) in [6, 6.07) is 8.98. The Kier molecular flexibility index (Phi) is 6.78. The van der Waals surface area contributed by atoms with E-state index in [1.807, 2.05) is 32.0 Å². The van der Waals surface area contributed by atoms with Gasteiger partial charge in [-0.25, -0.2) is 17.8 Å². The van der Waals surface area contributed by atoms with E-state index >= 15 is 0 Å². The number of rotatable bonds is 5. The molecule has 2 heterocycles. The number of nitrogens with zero attached hydrogens (tertiary/aromatic N) is 3. The van der Waals surface area contributed by atoms with Crippen LogP contribution in [0.1, 0.15) is 24.0 Å². The number of morpholine rings is 1. The molecule has 0 saturated carbocycles. The molecule has 0 spiro atoms. The van der Waals surface area contributed by atoms with Gasteiger partial charge in [0.15, 0.2) is 0 Å². The minimum absolute atomic E-state index is 0.0969. The van der Waals surface area contributed by atoms with E-state index in [2.05, 4.69) is 10.4 Å². The average molecular weight is 489 g/mol. The highest BCUT2D eigenvalue weighted by atomic mass is 32.2. The van der Waals surface area contributed by atoms with Gasteiger partial charge in [-0.2, -0.15) is 9.41 Å². The largest absolute Gasteiger partial charge is 0.379 e. The Bertz CT molecular complexity index is 1270. The molecule has 2 aliphatic rings. The molecule has 4 rings (SSSR count). The van der Waals surface area contributed by atoms with Crippen LogP contribution in [0, 0.1) is 19.7 Å². The monoisotopic (exact) mass is 488 g/mol. The number of hydrazone groups is 1. The van der Waals surface area contributed by atoms with E-state index in [0.29, 0.717) is 5.69 Å². The van der Waals surface area contributed by atoms with E-state index in [1.54, 1.807) is 0 Å². The number of anilines is 2. The molecule has 2 aromatic rings. The van der Waals surface area contributed by atoms with Crippen LogP contribution >= 0.6 is 0 Å². The third kappa shape index (κ3) is 4.86. The molecule has 2 amide bonds. The zero-order valence-corrected chi connectivity index (χ0v) is 19.7. The molecule has 0 bridgehead atoms. The number of aryl methyl sites for hydroxylation is 2. The molecule has 0 aliphatic carbocycles. The summed E-state index contributed by atoms with van der Waals surface area (Å²) in [5.74, 6) is -1.73. The van der Waals surface area contributed by atoms with Crippen molar-refractivity contribution >= 4 is 38.9 Å². The fourth-order valence-electron chi connectivity index (χ4n) is 3.76. The maximum absolute atomic E-state index is 14.4. The van der Waals surface area contributed by atoms with Crippen molar-refractivity contribution < 1.29 is 27.1 Å². The average Bonchev–Trinajstić information content (AvgIpc) is 2.82. The molecular weight excluding hydrogens is 463 g/mol. The molecular formula is C23H25FN4O5S. The standard InChI is InChI=1S/C23H25FN4O5S/c1-15-3-4-16(2)20(13-15)28-22(29)8-7-19(26-28)23(30)25-17-5-6-18(24)21(14-17)34(31,32)27-9-11-33-12-10-27/h3-6,13-14H,7-12H2,1-2H3,(H,25,30). The zero-order valence-electron chi connectivity index (χ0n) is 18.9. The topological polar surface area (TPSA) is 108 Å². The van der Waals surface area contributed by atoms with Gasteiger partial charge in [0.05, 0.1) is 18.9 Å². The van der Waals surface area contributed by atoms with Crippen LogP contribution in [0.2, 0.25) is 0 Å². The van der Waals surface area contributed by atoms with Gasteiger partial charge in [-0.15, -0.1) is 0 Å². The predicted octanol–water partition coefficient (Wildman–Crippen LogP) is 2.58. The Morgan fingerprint density at radius 3 is 2.56 bits per heavy atom. The highest BCUT2D eigenvalue weighted by Gasteiger charge is 2.30. The summed E-state index contributed by atoms with van der Waals surface area (Å²) in [7, 11) is -4.09. The number of nitrogens with one attached hydrogen (secondary N) is 1. The number of amides is 2. The summed E-state index contributed by atoms with van der Waals surface area (Å²) in [6.07, 6.45) is 0.228. The molecule has 2 aromatic carbocycles. The maximum atomic E-state index is 14.4. The molecule has 11 heteroatoms. The summed E-state index contributed by atoms with van der Waals surface area (Å²) < 4.78 is 46.6. The lowest BCUT2D eigenvalue weighted by molar-refractivity contribution is -0.118. The normalized spacial score (nSPS) is 17.4. The van der Waals surface area contributed by atoms with Crippen molar-refractivity contribution in [3.05, 3.63) is 53.3 Å². The third-order valence-electron chi connectivity index (χ3n) is 5.66. The van der Waals surface area contributed by atoms with E-state index in [1.165, 1.54) is 11.1 Å². The molecule has 1 saturated heterocycles. The minimum atomic E-state index is -4.09. The Hall–Kier alpha value is -3.15. The SMILES string of the molecule is Cc1ccc(C)c(N2N=C(C(=O)Nc3ccc(F)c(S(=O)(=O)N4CCOCC4)c3)CCC2=O)c1. The third-order valence-corrected chi connectivity index (χ3v) is 7.58. The van der Waals surface area contributed by atoms with Crippen molar-refractivity contribution in [1.29, 1.82) is 0 Å². The molecule has 0 radical (unpaired) electrons. The van der Waals surface area contributed by atoms with Gasteiger partial charge in [0, 0.05) is 31.6 Å².